The van der Waals surface area contributed by atoms with Crippen LogP contribution in [0.15, 0.2) is 52.7 Å². The van der Waals surface area contributed by atoms with Gasteiger partial charge in [-0.25, -0.2) is 0 Å². The highest BCUT2D eigenvalue weighted by molar-refractivity contribution is 6.19. The number of ketones is 2. The number of phenols is 1. The summed E-state index contributed by atoms with van der Waals surface area (Å²) in [6, 6.07) is 0.189. The van der Waals surface area contributed by atoms with Gasteiger partial charge >= 0.3 is 0 Å². The molecule has 1 spiro atoms. The van der Waals surface area contributed by atoms with Crippen LogP contribution in [0, 0.1) is 11.8 Å². The second-order valence-corrected chi connectivity index (χ2v) is 17.6. The van der Waals surface area contributed by atoms with Gasteiger partial charge in [-0.2, -0.15) is 0 Å². The number of piperazine rings is 1. The number of benzene rings is 1. The van der Waals surface area contributed by atoms with E-state index in [9.17, 15) is 14.7 Å². The highest BCUT2D eigenvalue weighted by Crippen LogP contribution is 2.68. The summed E-state index contributed by atoms with van der Waals surface area (Å²) in [7, 11) is 0. The van der Waals surface area contributed by atoms with E-state index < -0.39 is 28.3 Å². The molecule has 4 bridgehead atoms. The van der Waals surface area contributed by atoms with E-state index in [0.717, 1.165) is 12.0 Å². The number of hydrogen-bond donors (Lipinski definition) is 2. The highest BCUT2D eigenvalue weighted by atomic mass is 16.6. The molecule has 2 saturated heterocycles. The summed E-state index contributed by atoms with van der Waals surface area (Å²) in [5, 5.41) is 15.4. The van der Waals surface area contributed by atoms with Crippen molar-refractivity contribution in [3.63, 3.8) is 0 Å². The lowest BCUT2D eigenvalue weighted by atomic mass is 9.51. The van der Waals surface area contributed by atoms with Crippen molar-refractivity contribution in [1.82, 2.24) is 10.2 Å². The molecule has 7 atom stereocenters. The molecule has 4 heterocycles. The first-order valence-electron chi connectivity index (χ1n) is 19.3. The molecule has 9 nitrogen and oxygen atoms in total. The Hall–Kier alpha value is -3.95. The number of carbonyl (C=O) groups is 3. The number of fused-ring (bicyclic) bond motifs is 2. The summed E-state index contributed by atoms with van der Waals surface area (Å²) < 4.78 is 21.1. The summed E-state index contributed by atoms with van der Waals surface area (Å²) in [6.07, 6.45) is 14.1. The monoisotopic (exact) mass is 724 g/mol. The van der Waals surface area contributed by atoms with E-state index in [2.05, 4.69) is 38.2 Å². The van der Waals surface area contributed by atoms with Crippen molar-refractivity contribution in [3.05, 3.63) is 69.4 Å². The second kappa shape index (κ2) is 12.8. The number of aromatic hydroxyl groups is 1. The first-order chi connectivity index (χ1) is 24.9. The number of amides is 1. The number of allylic oxidation sites excluding steroid dienone is 5. The zero-order chi connectivity index (χ0) is 38.4. The first-order valence-corrected chi connectivity index (χ1v) is 19.3. The van der Waals surface area contributed by atoms with Gasteiger partial charge in [-0.15, -0.1) is 0 Å². The third kappa shape index (κ3) is 5.67. The average Bonchev–Trinajstić information content (AvgIpc) is 3.24. The lowest BCUT2D eigenvalue weighted by Crippen LogP contribution is -2.72. The minimum absolute atomic E-state index is 0.0199. The first kappa shape index (κ1) is 37.4. The molecule has 4 aliphatic heterocycles. The predicted molar refractivity (Wildman–Crippen MR) is 205 cm³/mol. The van der Waals surface area contributed by atoms with E-state index in [4.69, 9.17) is 14.2 Å². The molecule has 0 radical (unpaired) electrons. The second-order valence-electron chi connectivity index (χ2n) is 17.6. The van der Waals surface area contributed by atoms with E-state index in [1.54, 1.807) is 13.0 Å². The maximum atomic E-state index is 15.0. The number of rotatable bonds is 8. The van der Waals surface area contributed by atoms with Crippen LogP contribution in [0.5, 0.6) is 17.2 Å². The Bertz CT molecular complexity index is 1940. The summed E-state index contributed by atoms with van der Waals surface area (Å²) in [4.78, 5) is 45.5. The minimum atomic E-state index is -1.57. The van der Waals surface area contributed by atoms with Crippen LogP contribution in [0.3, 0.4) is 0 Å². The van der Waals surface area contributed by atoms with E-state index >= 15 is 4.79 Å². The lowest BCUT2D eigenvalue weighted by Gasteiger charge is -2.56. The zero-order valence-electron chi connectivity index (χ0n) is 33.1. The molecule has 53 heavy (non-hydrogen) atoms. The molecular formula is C44H56N2O7. The third-order valence-electron chi connectivity index (χ3n) is 12.5. The standard InChI is InChI=1S/C44H56N2O7/c1-24(2)12-11-17-42(10)18-16-30-35(47)34-36(48)32-20-29-21-33-41(8,9)53-43(39(29)49,19-15-26(5)40(50)46-23-27(6)45-22-28(46)7)44(32,33)52-38(34)31(37(30)51-42)14-13-25(3)4/h12-13,15-16,18,20,27-29,33,45,47H,11,14,17,19,21-23H2,1-10H3. The van der Waals surface area contributed by atoms with Gasteiger partial charge in [-0.05, 0) is 107 Å². The molecule has 284 valence electrons. The van der Waals surface area contributed by atoms with E-state index in [1.165, 1.54) is 5.57 Å². The molecule has 3 fully saturated rings. The number of hydrogen-bond acceptors (Lipinski definition) is 8. The molecule has 1 amide bonds. The fraction of sp³-hybridized carbons (Fsp3) is 0.568. The van der Waals surface area contributed by atoms with Gasteiger partial charge in [0, 0.05) is 60.1 Å². The number of carbonyl (C=O) groups excluding carboxylic acids is 3. The van der Waals surface area contributed by atoms with E-state index in [1.807, 2.05) is 64.7 Å². The van der Waals surface area contributed by atoms with Crippen molar-refractivity contribution in [1.29, 1.82) is 0 Å². The van der Waals surface area contributed by atoms with E-state index in [-0.39, 0.29) is 59.0 Å². The fourth-order valence-corrected chi connectivity index (χ4v) is 9.70. The van der Waals surface area contributed by atoms with E-state index in [0.29, 0.717) is 60.4 Å². The van der Waals surface area contributed by atoms with Gasteiger partial charge in [0.1, 0.15) is 28.4 Å². The van der Waals surface area contributed by atoms with Crippen molar-refractivity contribution in [3.8, 4) is 17.2 Å². The molecule has 1 aromatic carbocycles. The Morgan fingerprint density at radius 1 is 1.02 bits per heavy atom. The maximum Gasteiger partial charge on any atom is 0.249 e. The molecule has 9 heteroatoms. The van der Waals surface area contributed by atoms with Crippen molar-refractivity contribution >= 4 is 23.5 Å². The topological polar surface area (TPSA) is 114 Å². The molecule has 3 aliphatic carbocycles. The van der Waals surface area contributed by atoms with Gasteiger partial charge in [0.15, 0.2) is 22.8 Å². The van der Waals surface area contributed by atoms with Crippen LogP contribution in [-0.2, 0) is 20.7 Å². The van der Waals surface area contributed by atoms with Crippen molar-refractivity contribution < 1.29 is 33.7 Å². The van der Waals surface area contributed by atoms with Crippen molar-refractivity contribution in [2.24, 2.45) is 11.8 Å². The van der Waals surface area contributed by atoms with Crippen LogP contribution in [0.25, 0.3) is 6.08 Å². The van der Waals surface area contributed by atoms with Crippen LogP contribution in [0.2, 0.25) is 0 Å². The van der Waals surface area contributed by atoms with Gasteiger partial charge in [-0.1, -0.05) is 35.5 Å². The molecule has 8 rings (SSSR count). The third-order valence-corrected chi connectivity index (χ3v) is 12.5. The molecule has 1 aromatic rings. The number of nitrogens with one attached hydrogen (secondary N) is 1. The SMILES string of the molecule is CC(C)=CCCC1(C)C=Cc2c(O)c3c(c(CC=C(C)C)c2O1)OC12C(=CC4CC1C(C)(C)OC2(CC=C(C)C(=O)N1CC(C)NCC1C)C4=O)C3=O. The fourth-order valence-electron chi connectivity index (χ4n) is 9.70. The number of nitrogens with zero attached hydrogens (tertiary/aromatic N) is 1. The van der Waals surface area contributed by atoms with Crippen LogP contribution in [-0.4, -0.2) is 75.1 Å². The quantitative estimate of drug-likeness (QED) is 0.211. The van der Waals surface area contributed by atoms with Crippen LogP contribution in [0.1, 0.15) is 116 Å². The van der Waals surface area contributed by atoms with Crippen LogP contribution >= 0.6 is 0 Å². The number of Topliss-reactive ketones (excluding diaryl/α,β-unsaturated/α-hetero) is 2. The summed E-state index contributed by atoms with van der Waals surface area (Å²) >= 11 is 0. The molecular weight excluding hydrogens is 668 g/mol. The van der Waals surface area contributed by atoms with Gasteiger partial charge in [0.05, 0.1) is 11.2 Å². The van der Waals surface area contributed by atoms with Crippen LogP contribution < -0.4 is 14.8 Å². The minimum Gasteiger partial charge on any atom is -0.506 e. The Morgan fingerprint density at radius 3 is 2.43 bits per heavy atom. The Balaban J connectivity index is 1.37. The van der Waals surface area contributed by atoms with Gasteiger partial charge in [0.2, 0.25) is 5.91 Å². The summed E-state index contributed by atoms with van der Waals surface area (Å²) in [5.74, 6) is -0.944. The summed E-state index contributed by atoms with van der Waals surface area (Å²) in [5.41, 5.74) is -0.157. The zero-order valence-corrected chi connectivity index (χ0v) is 33.1. The largest absolute Gasteiger partial charge is 0.506 e. The number of ether oxygens (including phenoxy) is 3. The number of phenolic OH excluding ortho intramolecular Hbond substituents is 1. The highest BCUT2D eigenvalue weighted by Gasteiger charge is 2.81. The van der Waals surface area contributed by atoms with Gasteiger partial charge < -0.3 is 29.5 Å². The van der Waals surface area contributed by atoms with Crippen molar-refractivity contribution in [2.45, 2.75) is 136 Å². The molecule has 2 N–H and O–H groups in total. The molecule has 7 aliphatic rings. The summed E-state index contributed by atoms with van der Waals surface area (Å²) in [6.45, 7) is 21.3. The van der Waals surface area contributed by atoms with Crippen LogP contribution in [0.4, 0.5) is 0 Å². The smallest absolute Gasteiger partial charge is 0.249 e. The average molecular weight is 725 g/mol. The predicted octanol–water partition coefficient (Wildman–Crippen LogP) is 7.36. The van der Waals surface area contributed by atoms with Crippen molar-refractivity contribution in [2.75, 3.05) is 13.1 Å². The molecule has 0 aromatic heterocycles. The molecule has 7 unspecified atom stereocenters. The normalized spacial score (nSPS) is 33.3. The Morgan fingerprint density at radius 2 is 1.74 bits per heavy atom. The van der Waals surface area contributed by atoms with Gasteiger partial charge in [0.25, 0.3) is 0 Å². The molecule has 1 saturated carbocycles. The lowest BCUT2D eigenvalue weighted by molar-refractivity contribution is -0.171. The Kier molecular flexibility index (Phi) is 9.05. The maximum absolute atomic E-state index is 15.0. The van der Waals surface area contributed by atoms with Gasteiger partial charge in [-0.3, -0.25) is 14.4 Å². The Labute approximate surface area is 314 Å².